The number of hydrogen-bond acceptors (Lipinski definition) is 3. The van der Waals surface area contributed by atoms with E-state index in [1.54, 1.807) is 4.90 Å². The second-order valence-corrected chi connectivity index (χ2v) is 5.42. The third-order valence-corrected chi connectivity index (χ3v) is 2.77. The van der Waals surface area contributed by atoms with Crippen LogP contribution >= 0.6 is 0 Å². The predicted molar refractivity (Wildman–Crippen MR) is 64.9 cm³/mol. The van der Waals surface area contributed by atoms with Crippen LogP contribution in [0.15, 0.2) is 0 Å². The number of halogens is 3. The van der Waals surface area contributed by atoms with E-state index in [1.807, 2.05) is 20.8 Å². The molecule has 0 saturated carbocycles. The molecule has 0 aromatic heterocycles. The van der Waals surface area contributed by atoms with E-state index >= 15 is 0 Å². The minimum Gasteiger partial charge on any atom is -0.437 e. The Balaban J connectivity index is 2.70. The van der Waals surface area contributed by atoms with Crippen molar-refractivity contribution in [2.24, 2.45) is 0 Å². The zero-order chi connectivity index (χ0) is 16.6. The van der Waals surface area contributed by atoms with Gasteiger partial charge in [0.2, 0.25) is 0 Å². The molecule has 0 aliphatic carbocycles. The van der Waals surface area contributed by atoms with Crippen LogP contribution in [-0.2, 0) is 4.74 Å². The van der Waals surface area contributed by atoms with Crippen molar-refractivity contribution in [2.45, 2.75) is 45.5 Å². The first-order chi connectivity index (χ1) is 9.34. The summed E-state index contributed by atoms with van der Waals surface area (Å²) in [6.45, 7) is 4.35. The van der Waals surface area contributed by atoms with Crippen LogP contribution in [0.1, 0.15) is 30.4 Å². The quantitative estimate of drug-likeness (QED) is 0.741. The van der Waals surface area contributed by atoms with Crippen LogP contribution in [0.5, 0.6) is 0 Å². The highest BCUT2D eigenvalue weighted by Gasteiger charge is 2.40. The molecule has 0 aromatic rings. The summed E-state index contributed by atoms with van der Waals surface area (Å²) in [7, 11) is 0. The molecule has 1 amide bonds. The molecule has 0 N–H and O–H groups in total. The molecular weight excluding hydrogens is 261 g/mol. The van der Waals surface area contributed by atoms with Gasteiger partial charge in [-0.25, -0.2) is 4.79 Å². The highest BCUT2D eigenvalue weighted by molar-refractivity contribution is 5.68. The lowest BCUT2D eigenvalue weighted by Gasteiger charge is -2.42. The van der Waals surface area contributed by atoms with E-state index in [0.717, 1.165) is 11.8 Å². The van der Waals surface area contributed by atoms with Gasteiger partial charge < -0.3 is 9.64 Å². The lowest BCUT2D eigenvalue weighted by Crippen LogP contribution is -2.55. The summed E-state index contributed by atoms with van der Waals surface area (Å²) < 4.78 is 57.4. The Hall–Kier alpha value is -0.980. The van der Waals surface area contributed by atoms with Gasteiger partial charge in [-0.3, -0.25) is 4.90 Å². The first kappa shape index (κ1) is 13.0. The molecule has 1 fully saturated rings. The Morgan fingerprint density at radius 1 is 1.26 bits per heavy atom. The topological polar surface area (TPSA) is 32.8 Å². The van der Waals surface area contributed by atoms with E-state index in [4.69, 9.17) is 2.74 Å². The normalized spacial score (nSPS) is 29.5. The molecule has 1 aliphatic rings. The Morgan fingerprint density at radius 2 is 1.74 bits per heavy atom. The number of nitrogens with zero attached hydrogens (tertiary/aromatic N) is 2. The minimum atomic E-state index is -4.62. The SMILES string of the molecule is [2H]C1CN(C(=O)OC(C)C(F)(F)F)CC([2H])N1C(C)(C)C. The third-order valence-electron chi connectivity index (χ3n) is 2.77. The third kappa shape index (κ3) is 4.56. The Kier molecular flexibility index (Phi) is 3.81. The maximum Gasteiger partial charge on any atom is 0.425 e. The number of carbonyl (C=O) groups excluding carboxylic acids is 1. The molecule has 19 heavy (non-hydrogen) atoms. The van der Waals surface area contributed by atoms with Crippen molar-refractivity contribution in [2.75, 3.05) is 26.1 Å². The van der Waals surface area contributed by atoms with Crippen molar-refractivity contribution in [3.05, 3.63) is 0 Å². The van der Waals surface area contributed by atoms with Gasteiger partial charge in [0.05, 0.1) is 0 Å². The molecule has 4 nitrogen and oxygen atoms in total. The highest BCUT2D eigenvalue weighted by atomic mass is 19.4. The van der Waals surface area contributed by atoms with Crippen LogP contribution in [0.2, 0.25) is 0 Å². The molecule has 0 aromatic carbocycles. The average Bonchev–Trinajstić information content (AvgIpc) is 2.24. The minimum absolute atomic E-state index is 0.0872. The molecule has 112 valence electrons. The number of carbonyl (C=O) groups is 1. The van der Waals surface area contributed by atoms with Gasteiger partial charge in [-0.2, -0.15) is 13.2 Å². The highest BCUT2D eigenvalue weighted by Crippen LogP contribution is 2.23. The largest absolute Gasteiger partial charge is 0.437 e. The fourth-order valence-corrected chi connectivity index (χ4v) is 1.51. The summed E-state index contributed by atoms with van der Waals surface area (Å²) in [4.78, 5) is 14.3. The number of piperazine rings is 1. The zero-order valence-corrected chi connectivity index (χ0v) is 11.5. The van der Waals surface area contributed by atoms with Crippen molar-refractivity contribution >= 4 is 6.09 Å². The van der Waals surface area contributed by atoms with Crippen LogP contribution in [-0.4, -0.2) is 59.8 Å². The van der Waals surface area contributed by atoms with Crippen molar-refractivity contribution in [1.29, 1.82) is 0 Å². The Labute approximate surface area is 114 Å². The molecule has 1 aliphatic heterocycles. The average molecular weight is 284 g/mol. The van der Waals surface area contributed by atoms with Crippen LogP contribution in [0.3, 0.4) is 0 Å². The maximum absolute atomic E-state index is 12.4. The summed E-state index contributed by atoms with van der Waals surface area (Å²) in [5.74, 6) is 0. The number of alkyl halides is 3. The van der Waals surface area contributed by atoms with Crippen molar-refractivity contribution < 1.29 is 25.4 Å². The molecule has 0 radical (unpaired) electrons. The predicted octanol–water partition coefficient (Wildman–Crippen LogP) is 2.49. The molecule has 0 spiro atoms. The van der Waals surface area contributed by atoms with Crippen molar-refractivity contribution in [3.63, 3.8) is 0 Å². The monoisotopic (exact) mass is 284 g/mol. The molecular formula is C12H21F3N2O2. The van der Waals surface area contributed by atoms with Crippen LogP contribution in [0, 0.1) is 0 Å². The fourth-order valence-electron chi connectivity index (χ4n) is 1.51. The summed E-state index contributed by atoms with van der Waals surface area (Å²) in [6.07, 6.45) is -7.97. The lowest BCUT2D eigenvalue weighted by atomic mass is 10.1. The number of amides is 1. The van der Waals surface area contributed by atoms with E-state index in [2.05, 4.69) is 4.74 Å². The first-order valence-corrected chi connectivity index (χ1v) is 5.99. The lowest BCUT2D eigenvalue weighted by molar-refractivity contribution is -0.200. The molecule has 1 saturated heterocycles. The smallest absolute Gasteiger partial charge is 0.425 e. The zero-order valence-electron chi connectivity index (χ0n) is 13.5. The van der Waals surface area contributed by atoms with Gasteiger partial charge in [0.1, 0.15) is 0 Å². The van der Waals surface area contributed by atoms with Gasteiger partial charge in [0.25, 0.3) is 0 Å². The number of rotatable bonds is 1. The van der Waals surface area contributed by atoms with E-state index in [9.17, 15) is 18.0 Å². The Bertz CT molecular complexity index is 376. The number of hydrogen-bond donors (Lipinski definition) is 0. The summed E-state index contributed by atoms with van der Waals surface area (Å²) in [6, 6.07) is 0. The number of ether oxygens (including phenoxy) is 1. The molecule has 3 atom stereocenters. The van der Waals surface area contributed by atoms with E-state index < -0.39 is 37.0 Å². The molecule has 7 heteroatoms. The molecule has 1 heterocycles. The van der Waals surface area contributed by atoms with E-state index in [-0.39, 0.29) is 13.1 Å². The van der Waals surface area contributed by atoms with Crippen LogP contribution in [0.25, 0.3) is 0 Å². The van der Waals surface area contributed by atoms with Gasteiger partial charge in [0, 0.05) is 34.4 Å². The second-order valence-electron chi connectivity index (χ2n) is 5.42. The van der Waals surface area contributed by atoms with Crippen LogP contribution < -0.4 is 0 Å². The van der Waals surface area contributed by atoms with Crippen LogP contribution in [0.4, 0.5) is 18.0 Å². The second kappa shape index (κ2) is 5.56. The van der Waals surface area contributed by atoms with E-state index in [1.165, 1.54) is 0 Å². The molecule has 0 bridgehead atoms. The summed E-state index contributed by atoms with van der Waals surface area (Å²) in [5.41, 5.74) is -0.436. The van der Waals surface area contributed by atoms with Crippen molar-refractivity contribution in [3.8, 4) is 0 Å². The van der Waals surface area contributed by atoms with Crippen molar-refractivity contribution in [1.82, 2.24) is 9.80 Å². The van der Waals surface area contributed by atoms with E-state index in [0.29, 0.717) is 0 Å². The summed E-state index contributed by atoms with van der Waals surface area (Å²) >= 11 is 0. The molecule has 3 unspecified atom stereocenters. The van der Waals surface area contributed by atoms with Gasteiger partial charge >= 0.3 is 12.3 Å². The maximum atomic E-state index is 12.4. The van der Waals surface area contributed by atoms with Gasteiger partial charge in [-0.15, -0.1) is 0 Å². The van der Waals surface area contributed by atoms with Gasteiger partial charge in [0.15, 0.2) is 6.10 Å². The standard InChI is InChI=1S/C12H21F3N2O2/c1-9(12(13,14)15)19-10(18)16-5-7-17(8-6-16)11(2,3)4/h9H,5-8H2,1-4H3/i7D,8D. The van der Waals surface area contributed by atoms with Gasteiger partial charge in [-0.05, 0) is 27.7 Å². The Morgan fingerprint density at radius 3 is 2.11 bits per heavy atom. The van der Waals surface area contributed by atoms with Gasteiger partial charge in [-0.1, -0.05) is 0 Å². The molecule has 1 rings (SSSR count). The first-order valence-electron chi connectivity index (χ1n) is 7.14. The fraction of sp³-hybridized carbons (Fsp3) is 0.917. The summed E-state index contributed by atoms with van der Waals surface area (Å²) in [5, 5.41) is 0.